The molecule has 2 amide bonds. The summed E-state index contributed by atoms with van der Waals surface area (Å²) in [6.07, 6.45) is -4.33. The number of amides is 2. The number of hydrogen-bond donors (Lipinski definition) is 3. The van der Waals surface area contributed by atoms with Crippen molar-refractivity contribution >= 4 is 12.0 Å². The Morgan fingerprint density at radius 3 is 2.17 bits per heavy atom. The normalized spacial score (nSPS) is 16.6. The Morgan fingerprint density at radius 2 is 1.83 bits per heavy atom. The molecule has 0 aromatic carbocycles. The maximum atomic E-state index is 12.6. The van der Waals surface area contributed by atoms with Crippen LogP contribution < -0.4 is 10.6 Å². The molecule has 3 N–H and O–H groups in total. The highest BCUT2D eigenvalue weighted by Gasteiger charge is 2.58. The van der Waals surface area contributed by atoms with Gasteiger partial charge in [0.1, 0.15) is 0 Å². The number of carboxylic acids is 1. The molecule has 0 saturated heterocycles. The van der Waals surface area contributed by atoms with Crippen molar-refractivity contribution in [3.63, 3.8) is 0 Å². The summed E-state index contributed by atoms with van der Waals surface area (Å²) in [7, 11) is 0. The predicted octanol–water partition coefficient (Wildman–Crippen LogP) is 1.74. The second-order valence-corrected chi connectivity index (χ2v) is 4.28. The van der Waals surface area contributed by atoms with Crippen molar-refractivity contribution in [2.24, 2.45) is 5.92 Å². The molecule has 2 atom stereocenters. The standard InChI is InChI=1S/C10H17F3N2O3/c1-4-6(2)5-14-8(18)15-9(3,7(16)17)10(11,12)13/h6H,4-5H2,1-3H3,(H,16,17)(H2,14,15,18). The first-order chi connectivity index (χ1) is 8.04. The van der Waals surface area contributed by atoms with Crippen molar-refractivity contribution in [3.8, 4) is 0 Å². The van der Waals surface area contributed by atoms with Crippen LogP contribution in [0.1, 0.15) is 27.2 Å². The van der Waals surface area contributed by atoms with E-state index in [-0.39, 0.29) is 12.5 Å². The van der Waals surface area contributed by atoms with Crippen molar-refractivity contribution in [2.75, 3.05) is 6.54 Å². The van der Waals surface area contributed by atoms with E-state index in [2.05, 4.69) is 5.32 Å². The van der Waals surface area contributed by atoms with Crippen LogP contribution in [0.3, 0.4) is 0 Å². The average molecular weight is 270 g/mol. The third-order valence-electron chi connectivity index (χ3n) is 2.67. The summed E-state index contributed by atoms with van der Waals surface area (Å²) in [5.74, 6) is -2.06. The Kier molecular flexibility index (Phi) is 5.44. The Balaban J connectivity index is 4.63. The van der Waals surface area contributed by atoms with Gasteiger partial charge in [-0.15, -0.1) is 0 Å². The summed E-state index contributed by atoms with van der Waals surface area (Å²) < 4.78 is 37.7. The number of hydrogen-bond acceptors (Lipinski definition) is 2. The zero-order chi connectivity index (χ0) is 14.6. The number of carbonyl (C=O) groups is 2. The van der Waals surface area contributed by atoms with Crippen LogP contribution in [-0.2, 0) is 4.79 Å². The third kappa shape index (κ3) is 4.08. The molecule has 0 aliphatic rings. The molecule has 2 unspecified atom stereocenters. The average Bonchev–Trinajstić information content (AvgIpc) is 2.23. The number of halogens is 3. The topological polar surface area (TPSA) is 78.4 Å². The zero-order valence-corrected chi connectivity index (χ0v) is 10.4. The third-order valence-corrected chi connectivity index (χ3v) is 2.67. The largest absolute Gasteiger partial charge is 0.479 e. The fourth-order valence-electron chi connectivity index (χ4n) is 0.928. The fourth-order valence-corrected chi connectivity index (χ4v) is 0.928. The molecule has 0 fully saturated rings. The highest BCUT2D eigenvalue weighted by Crippen LogP contribution is 2.30. The van der Waals surface area contributed by atoms with Gasteiger partial charge in [0, 0.05) is 6.54 Å². The molecule has 0 bridgehead atoms. The Morgan fingerprint density at radius 1 is 1.33 bits per heavy atom. The maximum Gasteiger partial charge on any atom is 0.422 e. The molecule has 0 saturated carbocycles. The summed E-state index contributed by atoms with van der Waals surface area (Å²) in [6, 6.07) is -1.16. The lowest BCUT2D eigenvalue weighted by Crippen LogP contribution is -2.63. The van der Waals surface area contributed by atoms with E-state index in [1.807, 2.05) is 6.92 Å². The van der Waals surface area contributed by atoms with Crippen LogP contribution in [-0.4, -0.2) is 35.4 Å². The quantitative estimate of drug-likeness (QED) is 0.712. The van der Waals surface area contributed by atoms with E-state index >= 15 is 0 Å². The number of alkyl halides is 3. The number of carboxylic acid groups (broad SMARTS) is 1. The molecule has 0 aromatic rings. The summed E-state index contributed by atoms with van der Waals surface area (Å²) in [4.78, 5) is 21.9. The minimum atomic E-state index is -5.08. The van der Waals surface area contributed by atoms with Gasteiger partial charge in [-0.1, -0.05) is 20.3 Å². The van der Waals surface area contributed by atoms with Gasteiger partial charge < -0.3 is 15.7 Å². The van der Waals surface area contributed by atoms with Crippen LogP contribution in [0.2, 0.25) is 0 Å². The van der Waals surface area contributed by atoms with E-state index in [4.69, 9.17) is 5.11 Å². The number of aliphatic carboxylic acids is 1. The summed E-state index contributed by atoms with van der Waals surface area (Å²) >= 11 is 0. The SMILES string of the molecule is CCC(C)CNC(=O)NC(C)(C(=O)O)C(F)(F)F. The van der Waals surface area contributed by atoms with Crippen LogP contribution in [0.15, 0.2) is 0 Å². The lowest BCUT2D eigenvalue weighted by Gasteiger charge is -2.28. The van der Waals surface area contributed by atoms with Crippen LogP contribution in [0.25, 0.3) is 0 Å². The lowest BCUT2D eigenvalue weighted by molar-refractivity contribution is -0.203. The van der Waals surface area contributed by atoms with Gasteiger partial charge in [0.15, 0.2) is 0 Å². The maximum absolute atomic E-state index is 12.6. The minimum absolute atomic E-state index is 0.0951. The van der Waals surface area contributed by atoms with Crippen molar-refractivity contribution in [3.05, 3.63) is 0 Å². The number of carbonyl (C=O) groups excluding carboxylic acids is 1. The first-order valence-corrected chi connectivity index (χ1v) is 5.40. The lowest BCUT2D eigenvalue weighted by atomic mass is 10.0. The molecule has 0 radical (unpaired) electrons. The summed E-state index contributed by atoms with van der Waals surface area (Å²) in [6.45, 7) is 4.25. The van der Waals surface area contributed by atoms with E-state index in [0.717, 1.165) is 6.42 Å². The van der Waals surface area contributed by atoms with Gasteiger partial charge in [0.2, 0.25) is 5.54 Å². The molecular weight excluding hydrogens is 253 g/mol. The van der Waals surface area contributed by atoms with Gasteiger partial charge in [0.25, 0.3) is 0 Å². The summed E-state index contributed by atoms with van der Waals surface area (Å²) in [5.41, 5.74) is -3.30. The molecule has 5 nitrogen and oxygen atoms in total. The van der Waals surface area contributed by atoms with Crippen LogP contribution in [0, 0.1) is 5.92 Å². The van der Waals surface area contributed by atoms with Crippen LogP contribution in [0.4, 0.5) is 18.0 Å². The van der Waals surface area contributed by atoms with E-state index in [1.165, 1.54) is 5.32 Å². The molecule has 0 aliphatic carbocycles. The Hall–Kier alpha value is -1.47. The Bertz CT molecular complexity index is 320. The van der Waals surface area contributed by atoms with E-state index in [9.17, 15) is 22.8 Å². The highest BCUT2D eigenvalue weighted by atomic mass is 19.4. The second kappa shape index (κ2) is 5.92. The molecule has 0 heterocycles. The van der Waals surface area contributed by atoms with Crippen molar-refractivity contribution in [2.45, 2.75) is 38.9 Å². The van der Waals surface area contributed by atoms with Gasteiger partial charge in [-0.2, -0.15) is 13.2 Å². The summed E-state index contributed by atoms with van der Waals surface area (Å²) in [5, 5.41) is 12.2. The molecule has 8 heteroatoms. The molecule has 0 aromatic heterocycles. The highest BCUT2D eigenvalue weighted by molar-refractivity contribution is 5.86. The molecule has 0 spiro atoms. The second-order valence-electron chi connectivity index (χ2n) is 4.28. The Labute approximate surface area is 103 Å². The van der Waals surface area contributed by atoms with Gasteiger partial charge in [-0.3, -0.25) is 0 Å². The van der Waals surface area contributed by atoms with Crippen molar-refractivity contribution in [1.82, 2.24) is 10.6 Å². The van der Waals surface area contributed by atoms with Crippen molar-refractivity contribution in [1.29, 1.82) is 0 Å². The molecule has 106 valence electrons. The predicted molar refractivity (Wildman–Crippen MR) is 58.1 cm³/mol. The van der Waals surface area contributed by atoms with Crippen molar-refractivity contribution < 1.29 is 27.9 Å². The fraction of sp³-hybridized carbons (Fsp3) is 0.800. The number of nitrogens with one attached hydrogen (secondary N) is 2. The first kappa shape index (κ1) is 16.5. The van der Waals surface area contributed by atoms with Gasteiger partial charge in [0.05, 0.1) is 0 Å². The monoisotopic (exact) mass is 270 g/mol. The van der Waals surface area contributed by atoms with Gasteiger partial charge in [-0.05, 0) is 12.8 Å². The molecule has 18 heavy (non-hydrogen) atoms. The van der Waals surface area contributed by atoms with E-state index in [0.29, 0.717) is 6.92 Å². The van der Waals surface area contributed by atoms with Crippen LogP contribution >= 0.6 is 0 Å². The number of rotatable bonds is 5. The van der Waals surface area contributed by atoms with E-state index in [1.54, 1.807) is 6.92 Å². The first-order valence-electron chi connectivity index (χ1n) is 5.40. The van der Waals surface area contributed by atoms with Crippen LogP contribution in [0.5, 0.6) is 0 Å². The molecule has 0 rings (SSSR count). The zero-order valence-electron chi connectivity index (χ0n) is 10.4. The van der Waals surface area contributed by atoms with Gasteiger partial charge >= 0.3 is 18.2 Å². The molecule has 0 aliphatic heterocycles. The molecular formula is C10H17F3N2O3. The van der Waals surface area contributed by atoms with Gasteiger partial charge in [-0.25, -0.2) is 9.59 Å². The number of urea groups is 1. The smallest absolute Gasteiger partial charge is 0.422 e. The van der Waals surface area contributed by atoms with E-state index < -0.39 is 23.7 Å². The minimum Gasteiger partial charge on any atom is -0.479 e.